The van der Waals surface area contributed by atoms with Gasteiger partial charge >= 0.3 is 0 Å². The third kappa shape index (κ3) is 5.58. The van der Waals surface area contributed by atoms with Gasteiger partial charge in [-0.2, -0.15) is 0 Å². The van der Waals surface area contributed by atoms with Crippen LogP contribution in [0.1, 0.15) is 21.5 Å². The fourth-order valence-electron chi connectivity index (χ4n) is 2.87. The largest absolute Gasteiger partial charge is 0.383 e. The first-order valence-electron chi connectivity index (χ1n) is 9.72. The Balaban J connectivity index is 1.67. The number of aromatic nitrogens is 3. The van der Waals surface area contributed by atoms with E-state index in [-0.39, 0.29) is 5.91 Å². The van der Waals surface area contributed by atoms with Crippen molar-refractivity contribution < 1.29 is 9.53 Å². The summed E-state index contributed by atoms with van der Waals surface area (Å²) in [6.07, 6.45) is 1.85. The Labute approximate surface area is 181 Å². The lowest BCUT2D eigenvalue weighted by molar-refractivity contribution is 0.0937. The van der Waals surface area contributed by atoms with Gasteiger partial charge in [0.1, 0.15) is 0 Å². The summed E-state index contributed by atoms with van der Waals surface area (Å²) in [4.78, 5) is 12.1. The smallest absolute Gasteiger partial charge is 0.251 e. The van der Waals surface area contributed by atoms with Gasteiger partial charge in [0.15, 0.2) is 11.0 Å². The first-order valence-corrected chi connectivity index (χ1v) is 10.7. The van der Waals surface area contributed by atoms with Crippen LogP contribution in [0.15, 0.2) is 66.3 Å². The summed E-state index contributed by atoms with van der Waals surface area (Å²) in [6.45, 7) is 7.56. The molecule has 0 atom stereocenters. The molecular weight excluding hydrogens is 396 g/mol. The third-order valence-electron chi connectivity index (χ3n) is 4.51. The lowest BCUT2D eigenvalue weighted by Crippen LogP contribution is -2.26. The van der Waals surface area contributed by atoms with Gasteiger partial charge in [0, 0.05) is 37.1 Å². The van der Waals surface area contributed by atoms with Crippen LogP contribution in [0.3, 0.4) is 0 Å². The Morgan fingerprint density at radius 3 is 2.57 bits per heavy atom. The van der Waals surface area contributed by atoms with Gasteiger partial charge in [0.05, 0.1) is 6.61 Å². The summed E-state index contributed by atoms with van der Waals surface area (Å²) < 4.78 is 7.02. The highest BCUT2D eigenvalue weighted by molar-refractivity contribution is 7.98. The molecule has 0 unspecified atom stereocenters. The van der Waals surface area contributed by atoms with Crippen LogP contribution in [0.25, 0.3) is 11.4 Å². The van der Waals surface area contributed by atoms with Crippen molar-refractivity contribution in [3.63, 3.8) is 0 Å². The second kappa shape index (κ2) is 10.8. The van der Waals surface area contributed by atoms with E-state index in [0.29, 0.717) is 25.3 Å². The Morgan fingerprint density at radius 1 is 1.17 bits per heavy atom. The molecule has 0 saturated carbocycles. The molecule has 1 heterocycles. The zero-order chi connectivity index (χ0) is 21.3. The number of carbonyl (C=O) groups is 1. The molecule has 0 saturated heterocycles. The average molecular weight is 423 g/mol. The number of allylic oxidation sites excluding steroid dienone is 1. The first-order chi connectivity index (χ1) is 14.6. The fourth-order valence-corrected chi connectivity index (χ4v) is 3.78. The van der Waals surface area contributed by atoms with Crippen LogP contribution in [0.4, 0.5) is 0 Å². The van der Waals surface area contributed by atoms with Gasteiger partial charge in [-0.3, -0.25) is 9.36 Å². The molecule has 0 aliphatic carbocycles. The Hall–Kier alpha value is -2.90. The lowest BCUT2D eigenvalue weighted by atomic mass is 10.1. The van der Waals surface area contributed by atoms with E-state index < -0.39 is 0 Å². The zero-order valence-corrected chi connectivity index (χ0v) is 18.1. The molecule has 3 rings (SSSR count). The monoisotopic (exact) mass is 422 g/mol. The van der Waals surface area contributed by atoms with E-state index in [2.05, 4.69) is 57.8 Å². The number of nitrogens with one attached hydrogen (secondary N) is 1. The van der Waals surface area contributed by atoms with Crippen LogP contribution in [0, 0.1) is 6.92 Å². The maximum atomic E-state index is 12.1. The van der Waals surface area contributed by atoms with Gasteiger partial charge in [-0.25, -0.2) is 0 Å². The number of hydrogen-bond acceptors (Lipinski definition) is 5. The number of hydrogen-bond donors (Lipinski definition) is 1. The minimum Gasteiger partial charge on any atom is -0.383 e. The fraction of sp³-hybridized carbons (Fsp3) is 0.261. The second-order valence-electron chi connectivity index (χ2n) is 6.81. The zero-order valence-electron chi connectivity index (χ0n) is 17.3. The van der Waals surface area contributed by atoms with Crippen LogP contribution in [0.2, 0.25) is 0 Å². The highest BCUT2D eigenvalue weighted by Gasteiger charge is 2.14. The number of benzene rings is 2. The number of methoxy groups -OCH3 is 1. The van der Waals surface area contributed by atoms with Crippen molar-refractivity contribution in [2.45, 2.75) is 24.4 Å². The predicted octanol–water partition coefficient (Wildman–Crippen LogP) is 4.11. The van der Waals surface area contributed by atoms with Crippen molar-refractivity contribution in [3.8, 4) is 11.4 Å². The standard InChI is InChI=1S/C23H26N4O2S/c1-4-14-27-21(19-9-5-17(2)6-10-19)25-26-23(27)30-16-18-7-11-20(12-8-18)22(28)24-13-15-29-3/h4-12H,1,13-16H2,2-3H3,(H,24,28). The summed E-state index contributed by atoms with van der Waals surface area (Å²) >= 11 is 1.61. The van der Waals surface area contributed by atoms with E-state index in [0.717, 1.165) is 27.9 Å². The van der Waals surface area contributed by atoms with Gasteiger partial charge in [-0.05, 0) is 24.6 Å². The molecular formula is C23H26N4O2S. The molecule has 2 aromatic carbocycles. The van der Waals surface area contributed by atoms with Gasteiger partial charge in [-0.1, -0.05) is 59.8 Å². The Bertz CT molecular complexity index is 981. The number of nitrogens with zero attached hydrogens (tertiary/aromatic N) is 3. The highest BCUT2D eigenvalue weighted by Crippen LogP contribution is 2.26. The topological polar surface area (TPSA) is 69.0 Å². The van der Waals surface area contributed by atoms with E-state index in [1.54, 1.807) is 18.9 Å². The van der Waals surface area contributed by atoms with E-state index in [1.165, 1.54) is 5.56 Å². The molecule has 7 heteroatoms. The molecule has 30 heavy (non-hydrogen) atoms. The molecule has 156 valence electrons. The number of amides is 1. The quantitative estimate of drug-likeness (QED) is 0.303. The van der Waals surface area contributed by atoms with Crippen LogP contribution in [-0.2, 0) is 17.0 Å². The molecule has 1 aromatic heterocycles. The van der Waals surface area contributed by atoms with Crippen molar-refractivity contribution in [1.29, 1.82) is 0 Å². The molecule has 1 N–H and O–H groups in total. The molecule has 1 amide bonds. The molecule has 0 aliphatic heterocycles. The molecule has 0 radical (unpaired) electrons. The van der Waals surface area contributed by atoms with Crippen LogP contribution < -0.4 is 5.32 Å². The lowest BCUT2D eigenvalue weighted by Gasteiger charge is -2.08. The summed E-state index contributed by atoms with van der Waals surface area (Å²) in [5.41, 5.74) is 3.99. The van der Waals surface area contributed by atoms with Crippen molar-refractivity contribution in [1.82, 2.24) is 20.1 Å². The molecule has 3 aromatic rings. The highest BCUT2D eigenvalue weighted by atomic mass is 32.2. The first kappa shape index (κ1) is 21.8. The molecule has 6 nitrogen and oxygen atoms in total. The minimum atomic E-state index is -0.0975. The second-order valence-corrected chi connectivity index (χ2v) is 7.75. The molecule has 0 aliphatic rings. The van der Waals surface area contributed by atoms with E-state index in [1.807, 2.05) is 30.3 Å². The Morgan fingerprint density at radius 2 is 1.90 bits per heavy atom. The van der Waals surface area contributed by atoms with Gasteiger partial charge < -0.3 is 10.1 Å². The Kier molecular flexibility index (Phi) is 7.82. The van der Waals surface area contributed by atoms with Crippen LogP contribution >= 0.6 is 11.8 Å². The summed E-state index contributed by atoms with van der Waals surface area (Å²) in [7, 11) is 1.61. The van der Waals surface area contributed by atoms with Crippen molar-refractivity contribution in [2.75, 3.05) is 20.3 Å². The summed E-state index contributed by atoms with van der Waals surface area (Å²) in [6, 6.07) is 15.9. The SMILES string of the molecule is C=CCn1c(SCc2ccc(C(=O)NCCOC)cc2)nnc1-c1ccc(C)cc1. The average Bonchev–Trinajstić information content (AvgIpc) is 3.16. The molecule has 0 bridgehead atoms. The van der Waals surface area contributed by atoms with Crippen LogP contribution in [-0.4, -0.2) is 40.9 Å². The van der Waals surface area contributed by atoms with Crippen molar-refractivity contribution in [2.24, 2.45) is 0 Å². The van der Waals surface area contributed by atoms with E-state index in [9.17, 15) is 4.79 Å². The molecule has 0 spiro atoms. The normalized spacial score (nSPS) is 10.7. The minimum absolute atomic E-state index is 0.0975. The van der Waals surface area contributed by atoms with Gasteiger partial charge in [0.2, 0.25) is 0 Å². The maximum Gasteiger partial charge on any atom is 0.251 e. The number of ether oxygens (including phenoxy) is 1. The summed E-state index contributed by atoms with van der Waals surface area (Å²) in [5.74, 6) is 1.47. The van der Waals surface area contributed by atoms with Gasteiger partial charge in [-0.15, -0.1) is 16.8 Å². The van der Waals surface area contributed by atoms with Gasteiger partial charge in [0.25, 0.3) is 5.91 Å². The predicted molar refractivity (Wildman–Crippen MR) is 121 cm³/mol. The maximum absolute atomic E-state index is 12.1. The van der Waals surface area contributed by atoms with E-state index in [4.69, 9.17) is 4.74 Å². The molecule has 0 fully saturated rings. The number of aryl methyl sites for hydroxylation is 1. The number of carbonyl (C=O) groups excluding carboxylic acids is 1. The van der Waals surface area contributed by atoms with Crippen molar-refractivity contribution >= 4 is 17.7 Å². The van der Waals surface area contributed by atoms with E-state index >= 15 is 0 Å². The van der Waals surface area contributed by atoms with Crippen molar-refractivity contribution in [3.05, 3.63) is 77.9 Å². The number of rotatable bonds is 10. The summed E-state index contributed by atoms with van der Waals surface area (Å²) in [5, 5.41) is 12.4. The van der Waals surface area contributed by atoms with Crippen LogP contribution in [0.5, 0.6) is 0 Å². The third-order valence-corrected chi connectivity index (χ3v) is 5.55. The number of thioether (sulfide) groups is 1.